The second-order valence-corrected chi connectivity index (χ2v) is 13.3. The molecule has 0 bridgehead atoms. The molecule has 3 aromatic carbocycles. The summed E-state index contributed by atoms with van der Waals surface area (Å²) in [5.41, 5.74) is 9.70. The minimum Gasteiger partial charge on any atom is -0.494 e. The summed E-state index contributed by atoms with van der Waals surface area (Å²) in [6.45, 7) is 4.90. The van der Waals surface area contributed by atoms with E-state index >= 15 is 0 Å². The average Bonchev–Trinajstić information content (AvgIpc) is 3.74. The second kappa shape index (κ2) is 11.4. The van der Waals surface area contributed by atoms with Crippen molar-refractivity contribution in [2.45, 2.75) is 58.4 Å². The van der Waals surface area contributed by atoms with Crippen LogP contribution in [0.1, 0.15) is 59.9 Å². The van der Waals surface area contributed by atoms with Gasteiger partial charge in [0.15, 0.2) is 0 Å². The number of hydrogen-bond acceptors (Lipinski definition) is 5. The largest absolute Gasteiger partial charge is 0.494 e. The maximum absolute atomic E-state index is 11.8. The predicted octanol–water partition coefficient (Wildman–Crippen LogP) is 6.15. The smallest absolute Gasteiger partial charge is 0.307 e. The van der Waals surface area contributed by atoms with Gasteiger partial charge in [0.05, 0.1) is 18.3 Å². The number of aliphatic carboxylic acids is 1. The summed E-state index contributed by atoms with van der Waals surface area (Å²) in [5.74, 6) is 0.350. The molecule has 2 aliphatic rings. The Morgan fingerprint density at radius 1 is 1.05 bits per heavy atom. The number of hydrogen-bond donors (Lipinski definition) is 2. The first-order chi connectivity index (χ1) is 18.7. The van der Waals surface area contributed by atoms with E-state index in [1.54, 1.807) is 6.92 Å². The fourth-order valence-electron chi connectivity index (χ4n) is 5.65. The molecule has 1 fully saturated rings. The Morgan fingerprint density at radius 3 is 2.54 bits per heavy atom. The van der Waals surface area contributed by atoms with Crippen molar-refractivity contribution in [1.29, 1.82) is 0 Å². The number of ether oxygens (including phenoxy) is 1. The predicted molar refractivity (Wildman–Crippen MR) is 155 cm³/mol. The summed E-state index contributed by atoms with van der Waals surface area (Å²) >= 11 is 0. The molecule has 1 saturated carbocycles. The molecule has 0 aromatic heterocycles. The number of fused-ring (bicyclic) bond motifs is 3. The van der Waals surface area contributed by atoms with E-state index in [-0.39, 0.29) is 23.3 Å². The summed E-state index contributed by atoms with van der Waals surface area (Å²) in [7, 11) is -2.97. The molecule has 206 valence electrons. The summed E-state index contributed by atoms with van der Waals surface area (Å²) in [5, 5.41) is 12.7. The van der Waals surface area contributed by atoms with Crippen molar-refractivity contribution in [1.82, 2.24) is 0 Å². The first kappa shape index (κ1) is 27.3. The van der Waals surface area contributed by atoms with Crippen molar-refractivity contribution in [3.05, 3.63) is 82.4 Å². The number of nitrogens with one attached hydrogen (secondary N) is 1. The fourth-order valence-corrected chi connectivity index (χ4v) is 6.49. The Morgan fingerprint density at radius 2 is 1.82 bits per heavy atom. The molecule has 6 nitrogen and oxygen atoms in total. The third-order valence-electron chi connectivity index (χ3n) is 7.98. The van der Waals surface area contributed by atoms with Crippen LogP contribution in [-0.2, 0) is 34.0 Å². The van der Waals surface area contributed by atoms with Crippen molar-refractivity contribution in [2.75, 3.05) is 23.4 Å². The van der Waals surface area contributed by atoms with Crippen LogP contribution in [0.25, 0.3) is 11.1 Å². The molecule has 0 heterocycles. The number of aryl methyl sites for hydroxylation is 3. The summed E-state index contributed by atoms with van der Waals surface area (Å²) < 4.78 is 29.5. The number of rotatable bonds is 11. The Kier molecular flexibility index (Phi) is 7.98. The van der Waals surface area contributed by atoms with Gasteiger partial charge in [-0.3, -0.25) is 4.79 Å². The maximum atomic E-state index is 11.8. The van der Waals surface area contributed by atoms with E-state index in [0.717, 1.165) is 42.7 Å². The first-order valence-corrected chi connectivity index (χ1v) is 15.7. The highest BCUT2D eigenvalue weighted by molar-refractivity contribution is 7.91. The van der Waals surface area contributed by atoms with Crippen molar-refractivity contribution in [2.24, 2.45) is 5.92 Å². The lowest BCUT2D eigenvalue weighted by atomic mass is 9.91. The Labute approximate surface area is 231 Å². The van der Waals surface area contributed by atoms with Gasteiger partial charge in [-0.15, -0.1) is 0 Å². The lowest BCUT2D eigenvalue weighted by Gasteiger charge is -2.17. The molecule has 1 unspecified atom stereocenters. The van der Waals surface area contributed by atoms with Crippen molar-refractivity contribution < 1.29 is 23.1 Å². The van der Waals surface area contributed by atoms with E-state index in [0.29, 0.717) is 19.6 Å². The third kappa shape index (κ3) is 6.47. The summed E-state index contributed by atoms with van der Waals surface area (Å²) in [4.78, 5) is 11.2. The Bertz CT molecular complexity index is 1460. The van der Waals surface area contributed by atoms with Gasteiger partial charge in [0.2, 0.25) is 0 Å². The topological polar surface area (TPSA) is 92.7 Å². The zero-order chi connectivity index (χ0) is 27.6. The van der Waals surface area contributed by atoms with E-state index < -0.39 is 15.8 Å². The van der Waals surface area contributed by atoms with Crippen molar-refractivity contribution >= 4 is 21.5 Å². The van der Waals surface area contributed by atoms with Crippen LogP contribution in [0, 0.1) is 12.8 Å². The lowest BCUT2D eigenvalue weighted by Crippen LogP contribution is -2.12. The first-order valence-electron chi connectivity index (χ1n) is 13.9. The number of carbonyl (C=O) groups is 1. The molecule has 0 saturated heterocycles. The minimum absolute atomic E-state index is 0.146. The van der Waals surface area contributed by atoms with Gasteiger partial charge in [0, 0.05) is 18.0 Å². The second-order valence-electron chi connectivity index (χ2n) is 10.8. The third-order valence-corrected chi connectivity index (χ3v) is 9.77. The van der Waals surface area contributed by atoms with Crippen molar-refractivity contribution in [3.63, 3.8) is 0 Å². The highest BCUT2D eigenvalue weighted by atomic mass is 32.2. The number of sulfone groups is 1. The standard InChI is InChI=1S/C32H37NO5S/c1-3-39(36,37)15-5-14-38-27-16-21(2)31-25(18-27)7-4-6-23-9-8-22(17-29(23)31)20-33-26-12-10-24(11-13-26)28-19-30(28)32(34)35/h8-13,16-18,28,30,33H,3-7,14-15,19-20H2,1-2H3,(H,34,35)/t28?,30-/m0/s1. The van der Waals surface area contributed by atoms with E-state index in [1.807, 2.05) is 24.3 Å². The Hall–Kier alpha value is -3.32. The number of anilines is 1. The molecule has 7 heteroatoms. The molecule has 0 amide bonds. The van der Waals surface area contributed by atoms with Crippen LogP contribution < -0.4 is 10.1 Å². The van der Waals surface area contributed by atoms with E-state index in [1.165, 1.54) is 33.4 Å². The van der Waals surface area contributed by atoms with Crippen LogP contribution in [-0.4, -0.2) is 37.6 Å². The SMILES string of the molecule is CCS(=O)(=O)CCCOc1cc(C)c2c(c1)CCCc1ccc(CNc3ccc(C4C[C@@H]4C(=O)O)cc3)cc1-2. The summed E-state index contributed by atoms with van der Waals surface area (Å²) in [6.07, 6.45) is 4.32. The van der Waals surface area contributed by atoms with Crippen LogP contribution in [0.3, 0.4) is 0 Å². The number of carboxylic acid groups (broad SMARTS) is 1. The van der Waals surface area contributed by atoms with E-state index in [2.05, 4.69) is 42.6 Å². The maximum Gasteiger partial charge on any atom is 0.307 e. The monoisotopic (exact) mass is 547 g/mol. The molecular weight excluding hydrogens is 510 g/mol. The van der Waals surface area contributed by atoms with Crippen LogP contribution in [0.5, 0.6) is 5.75 Å². The molecule has 2 N–H and O–H groups in total. The molecule has 0 radical (unpaired) electrons. The highest BCUT2D eigenvalue weighted by Crippen LogP contribution is 2.47. The molecule has 5 rings (SSSR count). The van der Waals surface area contributed by atoms with Crippen LogP contribution in [0.4, 0.5) is 5.69 Å². The van der Waals surface area contributed by atoms with Gasteiger partial charge < -0.3 is 15.2 Å². The van der Waals surface area contributed by atoms with Gasteiger partial charge in [-0.1, -0.05) is 31.2 Å². The average molecular weight is 548 g/mol. The number of carboxylic acids is 1. The fraction of sp³-hybridized carbons (Fsp3) is 0.406. The lowest BCUT2D eigenvalue weighted by molar-refractivity contribution is -0.138. The zero-order valence-electron chi connectivity index (χ0n) is 22.7. The molecule has 0 aliphatic heterocycles. The van der Waals surface area contributed by atoms with Gasteiger partial charge in [-0.2, -0.15) is 0 Å². The van der Waals surface area contributed by atoms with E-state index in [4.69, 9.17) is 4.74 Å². The Balaban J connectivity index is 1.27. The molecular formula is C32H37NO5S. The summed E-state index contributed by atoms with van der Waals surface area (Å²) in [6, 6.07) is 19.1. The van der Waals surface area contributed by atoms with Crippen LogP contribution >= 0.6 is 0 Å². The van der Waals surface area contributed by atoms with Gasteiger partial charge >= 0.3 is 5.97 Å². The zero-order valence-corrected chi connectivity index (χ0v) is 23.5. The normalized spacial score (nSPS) is 18.0. The van der Waals surface area contributed by atoms with Crippen molar-refractivity contribution in [3.8, 4) is 16.9 Å². The molecule has 3 aromatic rings. The van der Waals surface area contributed by atoms with Gasteiger partial charge in [-0.05, 0) is 114 Å². The quantitative estimate of drug-likeness (QED) is 0.280. The molecule has 2 aliphatic carbocycles. The highest BCUT2D eigenvalue weighted by Gasteiger charge is 2.44. The number of benzene rings is 3. The van der Waals surface area contributed by atoms with Crippen LogP contribution in [0.15, 0.2) is 54.6 Å². The van der Waals surface area contributed by atoms with Gasteiger partial charge in [0.1, 0.15) is 15.6 Å². The molecule has 39 heavy (non-hydrogen) atoms. The van der Waals surface area contributed by atoms with Gasteiger partial charge in [0.25, 0.3) is 0 Å². The van der Waals surface area contributed by atoms with Crippen LogP contribution in [0.2, 0.25) is 0 Å². The minimum atomic E-state index is -2.97. The molecule has 0 spiro atoms. The van der Waals surface area contributed by atoms with E-state index in [9.17, 15) is 18.3 Å². The van der Waals surface area contributed by atoms with Gasteiger partial charge in [-0.25, -0.2) is 8.42 Å². The molecule has 2 atom stereocenters.